The monoisotopic (exact) mass is 472 g/mol. The summed E-state index contributed by atoms with van der Waals surface area (Å²) < 4.78 is 32.6. The minimum Gasteiger partial charge on any atom is -0.407 e. The van der Waals surface area contributed by atoms with Crippen molar-refractivity contribution < 1.29 is 18.3 Å². The van der Waals surface area contributed by atoms with E-state index >= 15 is 0 Å². The normalized spacial score (nSPS) is 15.8. The number of hydrogen-bond acceptors (Lipinski definition) is 8. The number of pyridine rings is 1. The molecule has 1 atom stereocenters. The van der Waals surface area contributed by atoms with Crippen molar-refractivity contribution in [2.24, 2.45) is 0 Å². The van der Waals surface area contributed by atoms with E-state index in [1.807, 2.05) is 26.0 Å². The van der Waals surface area contributed by atoms with Crippen molar-refractivity contribution in [2.45, 2.75) is 32.2 Å². The second kappa shape index (κ2) is 8.75. The van der Waals surface area contributed by atoms with Gasteiger partial charge in [0, 0.05) is 18.5 Å². The number of nitriles is 1. The fourth-order valence-electron chi connectivity index (χ4n) is 3.84. The van der Waals surface area contributed by atoms with Gasteiger partial charge in [-0.3, -0.25) is 4.79 Å². The molecule has 33 heavy (non-hydrogen) atoms. The highest BCUT2D eigenvalue weighted by molar-refractivity contribution is 6.29. The number of nitrogens with one attached hydrogen (secondary N) is 1. The molecule has 0 aliphatic carbocycles. The van der Waals surface area contributed by atoms with Crippen molar-refractivity contribution in [3.8, 4) is 11.9 Å². The Kier molecular flexibility index (Phi) is 5.99. The topological polar surface area (TPSA) is 104 Å². The molecule has 1 saturated heterocycles. The first-order valence-electron chi connectivity index (χ1n) is 10.1. The Balaban J connectivity index is 1.78. The van der Waals surface area contributed by atoms with Crippen molar-refractivity contribution in [1.29, 1.82) is 5.26 Å². The number of rotatable bonds is 6. The van der Waals surface area contributed by atoms with Gasteiger partial charge in [0.2, 0.25) is 5.88 Å². The lowest BCUT2D eigenvalue weighted by atomic mass is 10.0. The van der Waals surface area contributed by atoms with E-state index in [9.17, 15) is 18.8 Å². The van der Waals surface area contributed by atoms with Crippen LogP contribution in [0.1, 0.15) is 36.2 Å². The smallest absolute Gasteiger partial charge is 0.299 e. The molecular weight excluding hydrogens is 454 g/mol. The van der Waals surface area contributed by atoms with Crippen LogP contribution in [0.15, 0.2) is 24.3 Å². The highest BCUT2D eigenvalue weighted by Gasteiger charge is 2.40. The number of aryl methyl sites for hydroxylation is 1. The van der Waals surface area contributed by atoms with Gasteiger partial charge in [-0.2, -0.15) is 10.2 Å². The Morgan fingerprint density at radius 1 is 1.33 bits per heavy atom. The fraction of sp³-hybridized carbons (Fsp3) is 0.318. The van der Waals surface area contributed by atoms with Crippen molar-refractivity contribution >= 4 is 40.6 Å². The Labute approximate surface area is 193 Å². The van der Waals surface area contributed by atoms with Crippen LogP contribution >= 0.6 is 11.6 Å². The maximum atomic E-state index is 13.8. The maximum absolute atomic E-state index is 13.8. The third-order valence-corrected chi connectivity index (χ3v) is 5.54. The summed E-state index contributed by atoms with van der Waals surface area (Å²) in [6.07, 6.45) is -0.306. The standard InChI is InChI=1S/C22H19ClF2N6O2/c1-12-7-14(13(2)27-15-3-4-18(23)29-21(15)33-11-32)19-16(8-12)28-17(9-26)20(30-19)31-6-5-22(24,25)10-31/h3-4,7-8,11,13,27H,5-6,10H2,1-2H3/t13-/m1/s1. The molecule has 1 fully saturated rings. The molecule has 0 saturated carbocycles. The minimum absolute atomic E-state index is 0.000864. The van der Waals surface area contributed by atoms with Gasteiger partial charge >= 0.3 is 0 Å². The third kappa shape index (κ3) is 4.64. The molecule has 3 heterocycles. The summed E-state index contributed by atoms with van der Waals surface area (Å²) in [4.78, 5) is 25.3. The Morgan fingerprint density at radius 3 is 2.79 bits per heavy atom. The lowest BCUT2D eigenvalue weighted by Crippen LogP contribution is -2.26. The molecule has 0 bridgehead atoms. The highest BCUT2D eigenvalue weighted by atomic mass is 35.5. The van der Waals surface area contributed by atoms with Gasteiger partial charge in [-0.25, -0.2) is 18.7 Å². The van der Waals surface area contributed by atoms with E-state index in [0.29, 0.717) is 16.7 Å². The van der Waals surface area contributed by atoms with E-state index < -0.39 is 12.5 Å². The summed E-state index contributed by atoms with van der Waals surface area (Å²) in [5.74, 6) is -2.69. The van der Waals surface area contributed by atoms with E-state index in [1.54, 1.807) is 18.2 Å². The highest BCUT2D eigenvalue weighted by Crippen LogP contribution is 2.35. The van der Waals surface area contributed by atoms with Crippen LogP contribution in [0.5, 0.6) is 5.88 Å². The van der Waals surface area contributed by atoms with Gasteiger partial charge in [-0.05, 0) is 37.6 Å². The van der Waals surface area contributed by atoms with Gasteiger partial charge in [0.1, 0.15) is 11.2 Å². The van der Waals surface area contributed by atoms with Crippen molar-refractivity contribution in [2.75, 3.05) is 23.3 Å². The number of nitrogens with zero attached hydrogens (tertiary/aromatic N) is 5. The third-order valence-electron chi connectivity index (χ3n) is 5.33. The second-order valence-corrected chi connectivity index (χ2v) is 8.21. The predicted octanol–water partition coefficient (Wildman–Crippen LogP) is 4.41. The SMILES string of the molecule is Cc1cc([C@@H](C)Nc2ccc(Cl)nc2OC=O)c2nc(N3CCC(F)(F)C3)c(C#N)nc2c1. The van der Waals surface area contributed by atoms with Crippen LogP contribution in [-0.2, 0) is 4.79 Å². The maximum Gasteiger partial charge on any atom is 0.299 e. The van der Waals surface area contributed by atoms with Crippen LogP contribution in [0.4, 0.5) is 20.3 Å². The predicted molar refractivity (Wildman–Crippen MR) is 119 cm³/mol. The molecule has 1 aliphatic rings. The van der Waals surface area contributed by atoms with Crippen LogP contribution < -0.4 is 15.0 Å². The summed E-state index contributed by atoms with van der Waals surface area (Å²) in [5.41, 5.74) is 2.98. The van der Waals surface area contributed by atoms with E-state index in [1.165, 1.54) is 4.90 Å². The van der Waals surface area contributed by atoms with Crippen molar-refractivity contribution in [3.05, 3.63) is 46.2 Å². The zero-order chi connectivity index (χ0) is 23.8. The number of aromatic nitrogens is 3. The number of fused-ring (bicyclic) bond motifs is 1. The number of alkyl halides is 2. The quantitative estimate of drug-likeness (QED) is 0.415. The van der Waals surface area contributed by atoms with Crippen LogP contribution in [0.2, 0.25) is 5.15 Å². The van der Waals surface area contributed by atoms with Gasteiger partial charge in [0.25, 0.3) is 12.4 Å². The van der Waals surface area contributed by atoms with Crippen LogP contribution in [0.25, 0.3) is 11.0 Å². The molecule has 2 aromatic heterocycles. The van der Waals surface area contributed by atoms with E-state index in [4.69, 9.17) is 16.3 Å². The van der Waals surface area contributed by atoms with Crippen molar-refractivity contribution in [1.82, 2.24) is 15.0 Å². The Bertz CT molecular complexity index is 1280. The summed E-state index contributed by atoms with van der Waals surface area (Å²) in [6.45, 7) is 3.56. The van der Waals surface area contributed by atoms with Gasteiger partial charge in [-0.1, -0.05) is 17.7 Å². The second-order valence-electron chi connectivity index (χ2n) is 7.82. The number of anilines is 2. The number of halogens is 3. The average Bonchev–Trinajstić information content (AvgIpc) is 3.13. The van der Waals surface area contributed by atoms with E-state index in [2.05, 4.69) is 20.3 Å². The zero-order valence-corrected chi connectivity index (χ0v) is 18.5. The molecule has 0 unspecified atom stereocenters. The Hall–Kier alpha value is -3.58. The number of ether oxygens (including phenoxy) is 1. The molecule has 3 aromatic rings. The fourth-order valence-corrected chi connectivity index (χ4v) is 3.98. The lowest BCUT2D eigenvalue weighted by Gasteiger charge is -2.22. The van der Waals surface area contributed by atoms with Crippen LogP contribution in [-0.4, -0.2) is 40.4 Å². The number of carbonyl (C=O) groups excluding carboxylic acids is 1. The first-order valence-corrected chi connectivity index (χ1v) is 10.5. The molecule has 170 valence electrons. The molecule has 0 spiro atoms. The molecule has 1 aliphatic heterocycles. The first-order chi connectivity index (χ1) is 15.7. The summed E-state index contributed by atoms with van der Waals surface area (Å²) in [5, 5.41) is 13.0. The molecule has 8 nitrogen and oxygen atoms in total. The summed E-state index contributed by atoms with van der Waals surface area (Å²) in [7, 11) is 0. The van der Waals surface area contributed by atoms with Gasteiger partial charge in [0.05, 0.1) is 29.3 Å². The first kappa shape index (κ1) is 22.6. The molecule has 0 amide bonds. The van der Waals surface area contributed by atoms with Gasteiger partial charge in [-0.15, -0.1) is 0 Å². The molecular formula is C22H19ClF2N6O2. The average molecular weight is 473 g/mol. The van der Waals surface area contributed by atoms with E-state index in [0.717, 1.165) is 11.1 Å². The number of benzene rings is 1. The van der Waals surface area contributed by atoms with Gasteiger partial charge < -0.3 is 15.0 Å². The zero-order valence-electron chi connectivity index (χ0n) is 17.8. The molecule has 4 rings (SSSR count). The molecule has 1 N–H and O–H groups in total. The number of hydrogen-bond donors (Lipinski definition) is 1. The minimum atomic E-state index is -2.84. The lowest BCUT2D eigenvalue weighted by molar-refractivity contribution is -0.120. The largest absolute Gasteiger partial charge is 0.407 e. The van der Waals surface area contributed by atoms with Gasteiger partial charge in [0.15, 0.2) is 11.5 Å². The molecule has 1 aromatic carbocycles. The van der Waals surface area contributed by atoms with Crippen molar-refractivity contribution in [3.63, 3.8) is 0 Å². The van der Waals surface area contributed by atoms with Crippen LogP contribution in [0.3, 0.4) is 0 Å². The van der Waals surface area contributed by atoms with Crippen LogP contribution in [0, 0.1) is 18.3 Å². The summed E-state index contributed by atoms with van der Waals surface area (Å²) in [6, 6.07) is 8.46. The molecule has 0 radical (unpaired) electrons. The van der Waals surface area contributed by atoms with E-state index in [-0.39, 0.29) is 48.0 Å². The Morgan fingerprint density at radius 2 is 2.12 bits per heavy atom. The molecule has 11 heteroatoms. The summed E-state index contributed by atoms with van der Waals surface area (Å²) >= 11 is 5.90. The number of carbonyl (C=O) groups is 1.